The lowest BCUT2D eigenvalue weighted by molar-refractivity contribution is 0.660. The van der Waals surface area contributed by atoms with Crippen molar-refractivity contribution in [1.29, 1.82) is 0 Å². The summed E-state index contributed by atoms with van der Waals surface area (Å²) in [6.07, 6.45) is 0. The van der Waals surface area contributed by atoms with Gasteiger partial charge in [0.05, 0.1) is 5.69 Å². The molecule has 0 N–H and O–H groups in total. The van der Waals surface area contributed by atoms with Gasteiger partial charge >= 0.3 is 0 Å². The van der Waals surface area contributed by atoms with Crippen LogP contribution in [0, 0.1) is 0 Å². The van der Waals surface area contributed by atoms with E-state index in [1.165, 1.54) is 49.7 Å². The monoisotopic (exact) mass is 653 g/mol. The first kappa shape index (κ1) is 29.5. The summed E-state index contributed by atoms with van der Waals surface area (Å²) in [7, 11) is 0. The van der Waals surface area contributed by atoms with Gasteiger partial charge in [0.2, 0.25) is 0 Å². The van der Waals surface area contributed by atoms with E-state index in [1.807, 2.05) is 6.07 Å². The summed E-state index contributed by atoms with van der Waals surface area (Å²) in [4.78, 5) is 2.42. The minimum absolute atomic E-state index is 0.0556. The van der Waals surface area contributed by atoms with Crippen molar-refractivity contribution in [2.75, 3.05) is 4.90 Å². The Balaban J connectivity index is 1.19. The topological polar surface area (TPSA) is 16.4 Å². The molecule has 0 spiro atoms. The third-order valence-corrected chi connectivity index (χ3v) is 10.9. The molecule has 10 rings (SSSR count). The smallest absolute Gasteiger partial charge is 0.136 e. The Kier molecular flexibility index (Phi) is 6.56. The highest BCUT2D eigenvalue weighted by Crippen LogP contribution is 2.51. The van der Waals surface area contributed by atoms with E-state index < -0.39 is 0 Å². The number of hydrogen-bond acceptors (Lipinski definition) is 2. The average Bonchev–Trinajstić information content (AvgIpc) is 3.66. The third kappa shape index (κ3) is 4.57. The Hall–Kier alpha value is -6.38. The predicted molar refractivity (Wildman–Crippen MR) is 214 cm³/mol. The third-order valence-electron chi connectivity index (χ3n) is 10.9. The van der Waals surface area contributed by atoms with Crippen LogP contribution in [0.25, 0.3) is 66.1 Å². The van der Waals surface area contributed by atoms with Crippen LogP contribution >= 0.6 is 0 Å². The number of rotatable bonds is 5. The fraction of sp³-hybridized carbons (Fsp3) is 0.0612. The first-order chi connectivity index (χ1) is 25.1. The number of hydrogen-bond donors (Lipinski definition) is 0. The van der Waals surface area contributed by atoms with Gasteiger partial charge < -0.3 is 9.32 Å². The Morgan fingerprint density at radius 3 is 1.94 bits per heavy atom. The van der Waals surface area contributed by atoms with E-state index in [4.69, 9.17) is 4.42 Å². The molecule has 9 aromatic rings. The van der Waals surface area contributed by atoms with Crippen LogP contribution in [0.2, 0.25) is 0 Å². The van der Waals surface area contributed by atoms with E-state index >= 15 is 0 Å². The number of nitrogens with zero attached hydrogens (tertiary/aromatic N) is 1. The van der Waals surface area contributed by atoms with Gasteiger partial charge in [-0.2, -0.15) is 0 Å². The van der Waals surface area contributed by atoms with E-state index in [-0.39, 0.29) is 5.41 Å². The van der Waals surface area contributed by atoms with Gasteiger partial charge in [0, 0.05) is 38.7 Å². The normalized spacial score (nSPS) is 13.1. The Labute approximate surface area is 297 Å². The van der Waals surface area contributed by atoms with Crippen molar-refractivity contribution in [1.82, 2.24) is 0 Å². The van der Waals surface area contributed by atoms with E-state index in [2.05, 4.69) is 189 Å². The van der Waals surface area contributed by atoms with Crippen LogP contribution in [0.5, 0.6) is 0 Å². The minimum atomic E-state index is -0.0556. The number of benzene rings is 8. The molecular formula is C49H35NO. The van der Waals surface area contributed by atoms with Crippen LogP contribution < -0.4 is 4.90 Å². The van der Waals surface area contributed by atoms with Crippen LogP contribution in [0.15, 0.2) is 180 Å². The predicted octanol–water partition coefficient (Wildman–Crippen LogP) is 13.8. The summed E-state index contributed by atoms with van der Waals surface area (Å²) in [5.74, 6) is 0. The number of furan rings is 1. The van der Waals surface area contributed by atoms with Gasteiger partial charge in [-0.25, -0.2) is 0 Å². The lowest BCUT2D eigenvalue weighted by atomic mass is 9.82. The second-order valence-corrected chi connectivity index (χ2v) is 14.1. The SMILES string of the molecule is CC1(C)c2ccccc2-c2cc(N(c3ccc(-c4c5ccccc5cc5oc6ccccc6c45)cc3)c3ccccc3-c3ccccc3)ccc21. The van der Waals surface area contributed by atoms with Crippen molar-refractivity contribution in [3.05, 3.63) is 187 Å². The van der Waals surface area contributed by atoms with Crippen molar-refractivity contribution in [3.63, 3.8) is 0 Å². The molecule has 51 heavy (non-hydrogen) atoms. The molecule has 2 nitrogen and oxygen atoms in total. The highest BCUT2D eigenvalue weighted by atomic mass is 16.3. The molecule has 1 aromatic heterocycles. The highest BCUT2D eigenvalue weighted by molar-refractivity contribution is 6.20. The highest BCUT2D eigenvalue weighted by Gasteiger charge is 2.35. The number of fused-ring (bicyclic) bond motifs is 7. The summed E-state index contributed by atoms with van der Waals surface area (Å²) >= 11 is 0. The Bertz CT molecular complexity index is 2770. The second-order valence-electron chi connectivity index (χ2n) is 14.1. The molecule has 0 unspecified atom stereocenters. The minimum Gasteiger partial charge on any atom is -0.456 e. The number of anilines is 3. The van der Waals surface area contributed by atoms with E-state index in [0.29, 0.717) is 0 Å². The van der Waals surface area contributed by atoms with Crippen LogP contribution in [-0.2, 0) is 5.41 Å². The molecular weight excluding hydrogens is 619 g/mol. The van der Waals surface area contributed by atoms with E-state index in [9.17, 15) is 0 Å². The van der Waals surface area contributed by atoms with Gasteiger partial charge in [-0.05, 0) is 86.6 Å². The zero-order chi connectivity index (χ0) is 34.1. The van der Waals surface area contributed by atoms with Gasteiger partial charge in [-0.15, -0.1) is 0 Å². The van der Waals surface area contributed by atoms with Crippen LogP contribution in [0.1, 0.15) is 25.0 Å². The van der Waals surface area contributed by atoms with Gasteiger partial charge in [-0.3, -0.25) is 0 Å². The van der Waals surface area contributed by atoms with Crippen molar-refractivity contribution < 1.29 is 4.42 Å². The van der Waals surface area contributed by atoms with Crippen molar-refractivity contribution in [2.45, 2.75) is 19.3 Å². The van der Waals surface area contributed by atoms with E-state index in [0.717, 1.165) is 44.6 Å². The standard InChI is InChI=1S/C49H35NO/c1-49(2)42-21-11-8-19-39(42)41-31-36(28-29-43(41)49)50(44-22-12-9-17-37(44)32-14-4-3-5-15-32)35-26-24-33(25-27-35)47-38-18-7-6-16-34(38)30-46-48(47)40-20-10-13-23-45(40)51-46/h3-31H,1-2H3. The Morgan fingerprint density at radius 1 is 0.451 bits per heavy atom. The molecule has 1 aliphatic carbocycles. The number of para-hydroxylation sites is 2. The van der Waals surface area contributed by atoms with Gasteiger partial charge in [-0.1, -0.05) is 147 Å². The molecule has 0 radical (unpaired) electrons. The average molecular weight is 654 g/mol. The van der Waals surface area contributed by atoms with Crippen molar-refractivity contribution in [3.8, 4) is 33.4 Å². The maximum atomic E-state index is 6.42. The molecule has 1 aliphatic rings. The van der Waals surface area contributed by atoms with Gasteiger partial charge in [0.25, 0.3) is 0 Å². The summed E-state index contributed by atoms with van der Waals surface area (Å²) in [5.41, 5.74) is 15.2. The largest absolute Gasteiger partial charge is 0.456 e. The zero-order valence-corrected chi connectivity index (χ0v) is 28.6. The zero-order valence-electron chi connectivity index (χ0n) is 28.6. The molecule has 1 heterocycles. The maximum Gasteiger partial charge on any atom is 0.136 e. The van der Waals surface area contributed by atoms with Crippen molar-refractivity contribution in [2.24, 2.45) is 0 Å². The molecule has 0 aliphatic heterocycles. The fourth-order valence-corrected chi connectivity index (χ4v) is 8.43. The maximum absolute atomic E-state index is 6.42. The first-order valence-corrected chi connectivity index (χ1v) is 17.7. The molecule has 0 amide bonds. The van der Waals surface area contributed by atoms with Gasteiger partial charge in [0.15, 0.2) is 0 Å². The molecule has 0 bridgehead atoms. The molecule has 0 fully saturated rings. The van der Waals surface area contributed by atoms with Gasteiger partial charge in [0.1, 0.15) is 11.2 Å². The van der Waals surface area contributed by atoms with E-state index in [1.54, 1.807) is 0 Å². The molecule has 8 aromatic carbocycles. The summed E-state index contributed by atoms with van der Waals surface area (Å²) < 4.78 is 6.42. The molecule has 0 saturated heterocycles. The fourth-order valence-electron chi connectivity index (χ4n) is 8.43. The van der Waals surface area contributed by atoms with Crippen molar-refractivity contribution >= 4 is 49.8 Å². The summed E-state index contributed by atoms with van der Waals surface area (Å²) in [6.45, 7) is 4.68. The summed E-state index contributed by atoms with van der Waals surface area (Å²) in [6, 6.07) is 63.7. The van der Waals surface area contributed by atoms with Crippen LogP contribution in [0.3, 0.4) is 0 Å². The second kappa shape index (κ2) is 11.3. The lowest BCUT2D eigenvalue weighted by Crippen LogP contribution is -2.15. The quantitative estimate of drug-likeness (QED) is 0.184. The molecule has 2 heteroatoms. The van der Waals surface area contributed by atoms with Crippen LogP contribution in [0.4, 0.5) is 17.1 Å². The lowest BCUT2D eigenvalue weighted by Gasteiger charge is -2.29. The molecule has 0 saturated carbocycles. The first-order valence-electron chi connectivity index (χ1n) is 17.7. The summed E-state index contributed by atoms with van der Waals surface area (Å²) in [5, 5.41) is 4.68. The molecule has 0 atom stereocenters. The van der Waals surface area contributed by atoms with Crippen LogP contribution in [-0.4, -0.2) is 0 Å². The Morgan fingerprint density at radius 2 is 1.10 bits per heavy atom. The molecule has 242 valence electrons.